The molecule has 162 valence electrons. The molecule has 7 nitrogen and oxygen atoms in total. The first-order chi connectivity index (χ1) is 12.7. The van der Waals surface area contributed by atoms with E-state index in [2.05, 4.69) is 20.3 Å². The maximum absolute atomic E-state index is 11.4. The zero-order valence-electron chi connectivity index (χ0n) is 17.5. The summed E-state index contributed by atoms with van der Waals surface area (Å²) in [7, 11) is -3.13. The molecule has 0 atom stereocenters. The van der Waals surface area contributed by atoms with E-state index in [4.69, 9.17) is 4.74 Å². The van der Waals surface area contributed by atoms with Gasteiger partial charge in [0.2, 0.25) is 10.0 Å². The van der Waals surface area contributed by atoms with Gasteiger partial charge in [-0.1, -0.05) is 18.2 Å². The lowest BCUT2D eigenvalue weighted by Crippen LogP contribution is -2.38. The van der Waals surface area contributed by atoms with Gasteiger partial charge < -0.3 is 15.4 Å². The van der Waals surface area contributed by atoms with Crippen LogP contribution in [0.3, 0.4) is 0 Å². The van der Waals surface area contributed by atoms with Gasteiger partial charge in [0, 0.05) is 25.2 Å². The Bertz CT molecular complexity index is 703. The maximum atomic E-state index is 11.4. The van der Waals surface area contributed by atoms with Crippen molar-refractivity contribution in [3.05, 3.63) is 29.8 Å². The average molecular weight is 526 g/mol. The molecule has 0 saturated carbocycles. The fourth-order valence-corrected chi connectivity index (χ4v) is 2.85. The van der Waals surface area contributed by atoms with Crippen molar-refractivity contribution < 1.29 is 13.2 Å². The van der Waals surface area contributed by atoms with Gasteiger partial charge in [-0.25, -0.2) is 18.1 Å². The summed E-state index contributed by atoms with van der Waals surface area (Å²) in [5, 5.41) is 6.42. The summed E-state index contributed by atoms with van der Waals surface area (Å²) in [6.45, 7) is 11.9. The van der Waals surface area contributed by atoms with Crippen LogP contribution in [0.4, 0.5) is 0 Å². The van der Waals surface area contributed by atoms with Crippen LogP contribution in [-0.4, -0.2) is 45.4 Å². The highest BCUT2D eigenvalue weighted by atomic mass is 127. The molecule has 0 bridgehead atoms. The molecule has 28 heavy (non-hydrogen) atoms. The minimum Gasteiger partial charge on any atom is -0.488 e. The predicted octanol–water partition coefficient (Wildman–Crippen LogP) is 2.87. The average Bonchev–Trinajstić information content (AvgIpc) is 2.59. The number of aliphatic imine (C=N–C) groups is 1. The molecular weight excluding hydrogens is 491 g/mol. The molecule has 0 aliphatic carbocycles. The molecule has 0 aliphatic rings. The summed E-state index contributed by atoms with van der Waals surface area (Å²) in [4.78, 5) is 4.61. The lowest BCUT2D eigenvalue weighted by Gasteiger charge is -2.23. The van der Waals surface area contributed by atoms with Gasteiger partial charge in [0.05, 0.1) is 12.3 Å². The van der Waals surface area contributed by atoms with E-state index in [0.717, 1.165) is 17.9 Å². The highest BCUT2D eigenvalue weighted by Crippen LogP contribution is 2.23. The van der Waals surface area contributed by atoms with Crippen LogP contribution in [-0.2, 0) is 16.6 Å². The number of para-hydroxylation sites is 1. The first-order valence-electron chi connectivity index (χ1n) is 9.43. The van der Waals surface area contributed by atoms with E-state index in [0.29, 0.717) is 32.0 Å². The maximum Gasteiger partial charge on any atom is 0.211 e. The minimum absolute atomic E-state index is 0. The van der Waals surface area contributed by atoms with Gasteiger partial charge in [-0.05, 0) is 47.1 Å². The number of guanidine groups is 1. The molecule has 9 heteroatoms. The van der Waals surface area contributed by atoms with Gasteiger partial charge in [-0.2, -0.15) is 0 Å². The number of ether oxygens (including phenoxy) is 1. The van der Waals surface area contributed by atoms with E-state index in [-0.39, 0.29) is 35.3 Å². The van der Waals surface area contributed by atoms with Crippen LogP contribution in [0.2, 0.25) is 0 Å². The van der Waals surface area contributed by atoms with Crippen molar-refractivity contribution in [1.82, 2.24) is 15.4 Å². The molecule has 0 heterocycles. The zero-order chi connectivity index (χ0) is 20.3. The Morgan fingerprint density at radius 2 is 1.79 bits per heavy atom. The molecule has 1 aromatic rings. The van der Waals surface area contributed by atoms with Crippen molar-refractivity contribution in [2.45, 2.75) is 53.2 Å². The van der Waals surface area contributed by atoms with E-state index in [1.807, 2.05) is 52.0 Å². The van der Waals surface area contributed by atoms with Crippen LogP contribution >= 0.6 is 24.0 Å². The van der Waals surface area contributed by atoms with Crippen LogP contribution < -0.4 is 20.1 Å². The minimum atomic E-state index is -3.13. The van der Waals surface area contributed by atoms with Gasteiger partial charge in [0.25, 0.3) is 0 Å². The van der Waals surface area contributed by atoms with Crippen LogP contribution in [0.25, 0.3) is 0 Å². The summed E-state index contributed by atoms with van der Waals surface area (Å²) in [5.41, 5.74) is 0.745. The summed E-state index contributed by atoms with van der Waals surface area (Å²) < 4.78 is 31.4. The zero-order valence-corrected chi connectivity index (χ0v) is 20.7. The number of hydrogen-bond acceptors (Lipinski definition) is 4. The first-order valence-corrected chi connectivity index (χ1v) is 11.1. The highest BCUT2D eigenvalue weighted by molar-refractivity contribution is 14.0. The summed E-state index contributed by atoms with van der Waals surface area (Å²) in [6, 6.07) is 7.89. The number of benzene rings is 1. The summed E-state index contributed by atoms with van der Waals surface area (Å²) in [6.07, 6.45) is 0.674. The number of sulfonamides is 1. The quantitative estimate of drug-likeness (QED) is 0.189. The molecule has 0 saturated heterocycles. The van der Waals surface area contributed by atoms with E-state index in [1.165, 1.54) is 0 Å². The SMILES string of the molecule is CCNC(=NCc1ccccc1OC(C)(C)C)NCCCNS(=O)(=O)CC.I. The second kappa shape index (κ2) is 13.2. The predicted molar refractivity (Wildman–Crippen MR) is 127 cm³/mol. The Balaban J connectivity index is 0.00000729. The van der Waals surface area contributed by atoms with Crippen LogP contribution in [0.15, 0.2) is 29.3 Å². The van der Waals surface area contributed by atoms with E-state index in [1.54, 1.807) is 6.92 Å². The third-order valence-electron chi connectivity index (χ3n) is 3.49. The number of halogens is 1. The van der Waals surface area contributed by atoms with Gasteiger partial charge in [-0.3, -0.25) is 0 Å². The van der Waals surface area contributed by atoms with Crippen LogP contribution in [0.1, 0.15) is 46.6 Å². The van der Waals surface area contributed by atoms with E-state index in [9.17, 15) is 8.42 Å². The Labute approximate surface area is 187 Å². The van der Waals surface area contributed by atoms with Crippen LogP contribution in [0.5, 0.6) is 5.75 Å². The molecule has 3 N–H and O–H groups in total. The largest absolute Gasteiger partial charge is 0.488 e. The summed E-state index contributed by atoms with van der Waals surface area (Å²) in [5.74, 6) is 1.63. The van der Waals surface area contributed by atoms with Crippen molar-refractivity contribution in [1.29, 1.82) is 0 Å². The second-order valence-corrected chi connectivity index (χ2v) is 9.19. The molecule has 0 aliphatic heterocycles. The van der Waals surface area contributed by atoms with Gasteiger partial charge in [0.15, 0.2) is 5.96 Å². The molecule has 0 spiro atoms. The van der Waals surface area contributed by atoms with Crippen molar-refractivity contribution in [2.75, 3.05) is 25.4 Å². The lowest BCUT2D eigenvalue weighted by molar-refractivity contribution is 0.129. The van der Waals surface area contributed by atoms with Gasteiger partial charge in [0.1, 0.15) is 11.4 Å². The number of hydrogen-bond donors (Lipinski definition) is 3. The van der Waals surface area contributed by atoms with E-state index < -0.39 is 10.0 Å². The van der Waals surface area contributed by atoms with E-state index >= 15 is 0 Å². The molecule has 0 aromatic heterocycles. The van der Waals surface area contributed by atoms with Crippen molar-refractivity contribution in [3.8, 4) is 5.75 Å². The second-order valence-electron chi connectivity index (χ2n) is 7.10. The third kappa shape index (κ3) is 11.7. The Hall–Kier alpha value is -1.07. The van der Waals surface area contributed by atoms with Gasteiger partial charge >= 0.3 is 0 Å². The Morgan fingerprint density at radius 1 is 1.11 bits per heavy atom. The summed E-state index contributed by atoms with van der Waals surface area (Å²) >= 11 is 0. The topological polar surface area (TPSA) is 91.8 Å². The number of nitrogens with one attached hydrogen (secondary N) is 3. The highest BCUT2D eigenvalue weighted by Gasteiger charge is 2.14. The molecule has 0 unspecified atom stereocenters. The molecule has 1 aromatic carbocycles. The fraction of sp³-hybridized carbons (Fsp3) is 0.632. The molecular formula is C19H35IN4O3S. The number of nitrogens with zero attached hydrogens (tertiary/aromatic N) is 1. The van der Waals surface area contributed by atoms with Crippen molar-refractivity contribution in [2.24, 2.45) is 4.99 Å². The standard InChI is InChI=1S/C19H34N4O3S.HI/c1-6-20-18(21-13-10-14-23-27(24,25)7-2)22-15-16-11-8-9-12-17(16)26-19(3,4)5;/h8-9,11-12,23H,6-7,10,13-15H2,1-5H3,(H2,20,21,22);1H. The Morgan fingerprint density at radius 3 is 2.39 bits per heavy atom. The number of rotatable bonds is 10. The molecule has 1 rings (SSSR count). The third-order valence-corrected chi connectivity index (χ3v) is 4.89. The lowest BCUT2D eigenvalue weighted by atomic mass is 10.1. The molecule has 0 radical (unpaired) electrons. The molecule has 0 fully saturated rings. The Kier molecular flexibility index (Phi) is 12.7. The molecule has 0 amide bonds. The van der Waals surface area contributed by atoms with Gasteiger partial charge in [-0.15, -0.1) is 24.0 Å². The first kappa shape index (κ1) is 26.9. The van der Waals surface area contributed by atoms with Crippen molar-refractivity contribution in [3.63, 3.8) is 0 Å². The van der Waals surface area contributed by atoms with Crippen molar-refractivity contribution >= 4 is 40.0 Å². The monoisotopic (exact) mass is 526 g/mol. The fourth-order valence-electron chi connectivity index (χ4n) is 2.19. The smallest absolute Gasteiger partial charge is 0.211 e. The normalized spacial score (nSPS) is 12.2. The van der Waals surface area contributed by atoms with Crippen LogP contribution in [0, 0.1) is 0 Å².